The van der Waals surface area contributed by atoms with E-state index in [1.807, 2.05) is 6.07 Å². The fourth-order valence-electron chi connectivity index (χ4n) is 1.44. The Kier molecular flexibility index (Phi) is 3.24. The van der Waals surface area contributed by atoms with E-state index in [4.69, 9.17) is 0 Å². The molecule has 2 aromatic rings. The molecule has 0 amide bonds. The zero-order chi connectivity index (χ0) is 12.4. The summed E-state index contributed by atoms with van der Waals surface area (Å²) in [5.41, 5.74) is 4.01. The number of Topliss-reactive ketones (excluding diaryl/α,β-unsaturated/α-hetero) is 1. The van der Waals surface area contributed by atoms with Crippen molar-refractivity contribution in [1.82, 2.24) is 4.98 Å². The third kappa shape index (κ3) is 2.71. The van der Waals surface area contributed by atoms with Gasteiger partial charge in [-0.1, -0.05) is 6.07 Å². The lowest BCUT2D eigenvalue weighted by atomic mass is 10.1. The smallest absolute Gasteiger partial charge is 0.187 e. The van der Waals surface area contributed by atoms with Crippen LogP contribution in [0.4, 0.5) is 10.8 Å². The number of benzene rings is 1. The molecule has 88 valence electrons. The maximum atomic E-state index is 11.1. The quantitative estimate of drug-likeness (QED) is 0.839. The average Bonchev–Trinajstić information content (AvgIpc) is 2.72. The molecule has 0 atom stereocenters. The fraction of sp³-hybridized carbons (Fsp3) is 0.231. The van der Waals surface area contributed by atoms with Crippen molar-refractivity contribution in [2.75, 3.05) is 5.32 Å². The second kappa shape index (κ2) is 4.67. The van der Waals surface area contributed by atoms with Gasteiger partial charge in [-0.2, -0.15) is 0 Å². The molecule has 0 radical (unpaired) electrons. The van der Waals surface area contributed by atoms with Crippen molar-refractivity contribution in [2.24, 2.45) is 0 Å². The third-order valence-corrected chi connectivity index (χ3v) is 3.38. The highest BCUT2D eigenvalue weighted by Gasteiger charge is 2.06. The molecule has 1 aromatic heterocycles. The molecule has 1 N–H and O–H groups in total. The van der Waals surface area contributed by atoms with Gasteiger partial charge in [-0.3, -0.25) is 4.79 Å². The van der Waals surface area contributed by atoms with Crippen molar-refractivity contribution >= 4 is 27.9 Å². The summed E-state index contributed by atoms with van der Waals surface area (Å²) in [6.45, 7) is 5.68. The maximum absolute atomic E-state index is 11.1. The average molecular weight is 246 g/mol. The first-order valence-corrected chi connectivity index (χ1v) is 6.25. The minimum atomic E-state index is -0.00520. The van der Waals surface area contributed by atoms with Crippen LogP contribution < -0.4 is 5.32 Å². The summed E-state index contributed by atoms with van der Waals surface area (Å²) in [5.74, 6) is -0.00520. The Morgan fingerprint density at radius 2 is 2.06 bits per heavy atom. The van der Waals surface area contributed by atoms with Gasteiger partial charge < -0.3 is 5.32 Å². The molecule has 1 aromatic carbocycles. The van der Waals surface area contributed by atoms with Gasteiger partial charge >= 0.3 is 0 Å². The molecule has 4 heteroatoms. The zero-order valence-electron chi connectivity index (χ0n) is 10.1. The summed E-state index contributed by atoms with van der Waals surface area (Å²) in [6.07, 6.45) is 0. The maximum Gasteiger partial charge on any atom is 0.187 e. The van der Waals surface area contributed by atoms with Crippen LogP contribution in [0.1, 0.15) is 28.5 Å². The van der Waals surface area contributed by atoms with Crippen LogP contribution in [-0.2, 0) is 0 Å². The molecule has 0 bridgehead atoms. The van der Waals surface area contributed by atoms with Gasteiger partial charge in [-0.25, -0.2) is 4.98 Å². The molecular weight excluding hydrogens is 232 g/mol. The van der Waals surface area contributed by atoms with Crippen LogP contribution in [-0.4, -0.2) is 10.8 Å². The molecule has 0 aliphatic rings. The second-order valence-corrected chi connectivity index (χ2v) is 4.88. The SMILES string of the molecule is CC(=O)c1csc(Nc2ccc(C)c(C)c2)n1. The summed E-state index contributed by atoms with van der Waals surface area (Å²) >= 11 is 1.44. The van der Waals surface area contributed by atoms with Crippen LogP contribution in [0.5, 0.6) is 0 Å². The van der Waals surface area contributed by atoms with E-state index in [0.29, 0.717) is 5.69 Å². The van der Waals surface area contributed by atoms with Crippen molar-refractivity contribution < 1.29 is 4.79 Å². The molecule has 0 spiro atoms. The monoisotopic (exact) mass is 246 g/mol. The van der Waals surface area contributed by atoms with E-state index in [-0.39, 0.29) is 5.78 Å². The summed E-state index contributed by atoms with van der Waals surface area (Å²) in [6, 6.07) is 6.15. The van der Waals surface area contributed by atoms with Gasteiger partial charge in [-0.05, 0) is 37.1 Å². The lowest BCUT2D eigenvalue weighted by Crippen LogP contribution is -1.94. The third-order valence-electron chi connectivity index (χ3n) is 2.62. The fourth-order valence-corrected chi connectivity index (χ4v) is 2.21. The molecule has 0 saturated heterocycles. The van der Waals surface area contributed by atoms with E-state index >= 15 is 0 Å². The first-order chi connectivity index (χ1) is 8.06. The number of anilines is 2. The number of ketones is 1. The predicted molar refractivity (Wildman–Crippen MR) is 71.3 cm³/mol. The van der Waals surface area contributed by atoms with Gasteiger partial charge in [0, 0.05) is 18.0 Å². The minimum Gasteiger partial charge on any atom is -0.332 e. The number of nitrogens with one attached hydrogen (secondary N) is 1. The Labute approximate surface area is 105 Å². The largest absolute Gasteiger partial charge is 0.332 e. The van der Waals surface area contributed by atoms with Crippen LogP contribution in [0, 0.1) is 13.8 Å². The number of nitrogens with zero attached hydrogens (tertiary/aromatic N) is 1. The molecule has 1 heterocycles. The molecule has 0 aliphatic carbocycles. The lowest BCUT2D eigenvalue weighted by Gasteiger charge is -2.05. The normalized spacial score (nSPS) is 10.3. The molecule has 0 aliphatic heterocycles. The Bertz CT molecular complexity index is 560. The molecule has 17 heavy (non-hydrogen) atoms. The number of aromatic nitrogens is 1. The minimum absolute atomic E-state index is 0.00520. The van der Waals surface area contributed by atoms with E-state index in [0.717, 1.165) is 10.8 Å². The lowest BCUT2D eigenvalue weighted by molar-refractivity contribution is 0.101. The summed E-state index contributed by atoms with van der Waals surface area (Å²) in [4.78, 5) is 15.3. The summed E-state index contributed by atoms with van der Waals surface area (Å²) in [5, 5.41) is 5.72. The van der Waals surface area contributed by atoms with Crippen molar-refractivity contribution in [3.63, 3.8) is 0 Å². The van der Waals surface area contributed by atoms with Crippen molar-refractivity contribution in [1.29, 1.82) is 0 Å². The topological polar surface area (TPSA) is 42.0 Å². The molecule has 0 saturated carbocycles. The highest BCUT2D eigenvalue weighted by atomic mass is 32.1. The van der Waals surface area contributed by atoms with Gasteiger partial charge in [-0.15, -0.1) is 11.3 Å². The number of thiazole rings is 1. The van der Waals surface area contributed by atoms with E-state index in [1.165, 1.54) is 29.4 Å². The summed E-state index contributed by atoms with van der Waals surface area (Å²) in [7, 11) is 0. The van der Waals surface area contributed by atoms with E-state index in [2.05, 4.69) is 36.3 Å². The molecular formula is C13H14N2OS. The number of rotatable bonds is 3. The predicted octanol–water partition coefficient (Wildman–Crippen LogP) is 3.71. The van der Waals surface area contributed by atoms with Crippen molar-refractivity contribution in [3.05, 3.63) is 40.4 Å². The van der Waals surface area contributed by atoms with Crippen LogP contribution in [0.2, 0.25) is 0 Å². The molecule has 2 rings (SSSR count). The highest BCUT2D eigenvalue weighted by molar-refractivity contribution is 7.14. The molecule has 3 nitrogen and oxygen atoms in total. The number of carbonyl (C=O) groups excluding carboxylic acids is 1. The molecule has 0 fully saturated rings. The van der Waals surface area contributed by atoms with Gasteiger partial charge in [0.25, 0.3) is 0 Å². The van der Waals surface area contributed by atoms with Crippen LogP contribution in [0.25, 0.3) is 0 Å². The van der Waals surface area contributed by atoms with Gasteiger partial charge in [0.2, 0.25) is 0 Å². The Hall–Kier alpha value is -1.68. The number of aryl methyl sites for hydroxylation is 2. The van der Waals surface area contributed by atoms with Crippen molar-refractivity contribution in [3.8, 4) is 0 Å². The highest BCUT2D eigenvalue weighted by Crippen LogP contribution is 2.22. The van der Waals surface area contributed by atoms with Crippen molar-refractivity contribution in [2.45, 2.75) is 20.8 Å². The first kappa shape index (κ1) is 11.8. The molecule has 0 unspecified atom stereocenters. The Morgan fingerprint density at radius 3 is 2.65 bits per heavy atom. The van der Waals surface area contributed by atoms with Crippen LogP contribution in [0.3, 0.4) is 0 Å². The van der Waals surface area contributed by atoms with Gasteiger partial charge in [0.15, 0.2) is 10.9 Å². The first-order valence-electron chi connectivity index (χ1n) is 5.37. The van der Waals surface area contributed by atoms with E-state index in [1.54, 1.807) is 5.38 Å². The number of carbonyl (C=O) groups is 1. The standard InChI is InChI=1S/C13H14N2OS/c1-8-4-5-11(6-9(8)2)14-13-15-12(7-17-13)10(3)16/h4-7H,1-3H3,(H,14,15). The van der Waals surface area contributed by atoms with Crippen LogP contribution in [0.15, 0.2) is 23.6 Å². The van der Waals surface area contributed by atoms with E-state index < -0.39 is 0 Å². The Balaban J connectivity index is 2.19. The van der Waals surface area contributed by atoms with Gasteiger partial charge in [0.05, 0.1) is 0 Å². The van der Waals surface area contributed by atoms with Gasteiger partial charge in [0.1, 0.15) is 5.69 Å². The second-order valence-electron chi connectivity index (χ2n) is 4.02. The van der Waals surface area contributed by atoms with E-state index in [9.17, 15) is 4.79 Å². The summed E-state index contributed by atoms with van der Waals surface area (Å²) < 4.78 is 0. The number of hydrogen-bond acceptors (Lipinski definition) is 4. The number of hydrogen-bond donors (Lipinski definition) is 1. The Morgan fingerprint density at radius 1 is 1.29 bits per heavy atom. The zero-order valence-corrected chi connectivity index (χ0v) is 10.9. The van der Waals surface area contributed by atoms with Crippen LogP contribution >= 0.6 is 11.3 Å².